The first-order valence-corrected chi connectivity index (χ1v) is 10.5. The molecule has 1 saturated heterocycles. The Kier molecular flexibility index (Phi) is 6.36. The number of hydrogen-bond acceptors (Lipinski definition) is 7. The molecule has 0 radical (unpaired) electrons. The van der Waals surface area contributed by atoms with Gasteiger partial charge in [-0.3, -0.25) is 4.90 Å². The van der Waals surface area contributed by atoms with E-state index in [2.05, 4.69) is 15.2 Å². The van der Waals surface area contributed by atoms with Crippen molar-refractivity contribution in [3.63, 3.8) is 0 Å². The topological polar surface area (TPSA) is 76.8 Å². The highest BCUT2D eigenvalue weighted by atomic mass is 19.1. The number of rotatable bonds is 7. The number of nitrogens with zero attached hydrogens (tertiary/aromatic N) is 2. The van der Waals surface area contributed by atoms with Crippen molar-refractivity contribution in [1.29, 1.82) is 0 Å². The quantitative estimate of drug-likeness (QED) is 0.566. The van der Waals surface area contributed by atoms with Crippen LogP contribution in [-0.4, -0.2) is 48.7 Å². The smallest absolute Gasteiger partial charge is 0.341 e. The maximum Gasteiger partial charge on any atom is 0.341 e. The highest BCUT2D eigenvalue weighted by Crippen LogP contribution is 2.26. The average molecular weight is 427 g/mol. The van der Waals surface area contributed by atoms with Crippen molar-refractivity contribution in [2.75, 3.05) is 32.1 Å². The third kappa shape index (κ3) is 4.80. The molecule has 1 aromatic heterocycles. The molecule has 1 aliphatic rings. The zero-order valence-corrected chi connectivity index (χ0v) is 17.7. The minimum Gasteiger partial charge on any atom is -0.491 e. The van der Waals surface area contributed by atoms with Crippen LogP contribution in [0.2, 0.25) is 0 Å². The van der Waals surface area contributed by atoms with E-state index in [1.165, 1.54) is 13.2 Å². The van der Waals surface area contributed by atoms with Gasteiger partial charge in [-0.1, -0.05) is 12.1 Å². The van der Waals surface area contributed by atoms with Crippen LogP contribution in [0.4, 0.5) is 10.4 Å². The number of anilines is 1. The summed E-state index contributed by atoms with van der Waals surface area (Å²) in [6, 6.07) is 10.9. The van der Waals surface area contributed by atoms with Crippen LogP contribution in [0, 0.1) is 5.82 Å². The third-order valence-corrected chi connectivity index (χ3v) is 5.44. The van der Waals surface area contributed by atoms with Gasteiger partial charge in [-0.25, -0.2) is 9.18 Å². The van der Waals surface area contributed by atoms with E-state index in [0.717, 1.165) is 38.0 Å². The molecule has 1 fully saturated rings. The zero-order valence-electron chi connectivity index (χ0n) is 17.7. The average Bonchev–Trinajstić information content (AvgIpc) is 3.19. The van der Waals surface area contributed by atoms with E-state index in [1.807, 2.05) is 6.92 Å². The molecule has 0 amide bonds. The number of halogens is 1. The molecule has 8 heteroatoms. The molecule has 164 valence electrons. The first kappa shape index (κ1) is 21.1. The number of benzene rings is 2. The van der Waals surface area contributed by atoms with Gasteiger partial charge in [0.15, 0.2) is 17.1 Å². The molecule has 1 N–H and O–H groups in total. The standard InChI is InChI=1S/C23H26FN3O4/c1-3-30-20-13-15(7-8-18(20)24)14-27-11-9-16(10-12-27)25-23-26-19-6-4-5-17(21(19)31-23)22(28)29-2/h4-8,13,16H,3,9-12,14H2,1-2H3,(H,25,26). The van der Waals surface area contributed by atoms with Crippen LogP contribution in [0.15, 0.2) is 40.8 Å². The second kappa shape index (κ2) is 9.34. The predicted octanol–water partition coefficient (Wildman–Crippen LogP) is 4.23. The molecule has 0 aliphatic carbocycles. The number of aromatic nitrogens is 1. The number of nitrogens with one attached hydrogen (secondary N) is 1. The zero-order chi connectivity index (χ0) is 21.8. The van der Waals surface area contributed by atoms with Gasteiger partial charge in [0.25, 0.3) is 6.01 Å². The van der Waals surface area contributed by atoms with Gasteiger partial charge in [-0.15, -0.1) is 0 Å². The monoisotopic (exact) mass is 427 g/mol. The Morgan fingerprint density at radius 3 is 2.84 bits per heavy atom. The van der Waals surface area contributed by atoms with E-state index >= 15 is 0 Å². The summed E-state index contributed by atoms with van der Waals surface area (Å²) in [7, 11) is 1.34. The van der Waals surface area contributed by atoms with Crippen LogP contribution in [0.25, 0.3) is 11.1 Å². The Morgan fingerprint density at radius 2 is 2.10 bits per heavy atom. The van der Waals surface area contributed by atoms with Crippen molar-refractivity contribution < 1.29 is 23.1 Å². The van der Waals surface area contributed by atoms with Crippen LogP contribution in [-0.2, 0) is 11.3 Å². The minimum atomic E-state index is -0.449. The van der Waals surface area contributed by atoms with Gasteiger partial charge in [-0.2, -0.15) is 4.98 Å². The molecular formula is C23H26FN3O4. The third-order valence-electron chi connectivity index (χ3n) is 5.44. The van der Waals surface area contributed by atoms with Gasteiger partial charge in [0.05, 0.1) is 13.7 Å². The lowest BCUT2D eigenvalue weighted by Crippen LogP contribution is -2.38. The molecule has 31 heavy (non-hydrogen) atoms. The van der Waals surface area contributed by atoms with E-state index in [0.29, 0.717) is 35.0 Å². The van der Waals surface area contributed by atoms with E-state index in [9.17, 15) is 9.18 Å². The molecule has 0 bridgehead atoms. The number of methoxy groups -OCH3 is 1. The molecule has 7 nitrogen and oxygen atoms in total. The number of ether oxygens (including phenoxy) is 2. The Morgan fingerprint density at radius 1 is 1.29 bits per heavy atom. The summed E-state index contributed by atoms with van der Waals surface area (Å²) in [6.45, 7) is 4.82. The van der Waals surface area contributed by atoms with Gasteiger partial charge in [0, 0.05) is 25.7 Å². The number of hydrogen-bond donors (Lipinski definition) is 1. The number of fused-ring (bicyclic) bond motifs is 1. The Labute approximate surface area is 180 Å². The summed E-state index contributed by atoms with van der Waals surface area (Å²) in [4.78, 5) is 18.7. The van der Waals surface area contributed by atoms with E-state index in [-0.39, 0.29) is 11.9 Å². The molecule has 0 spiro atoms. The SMILES string of the molecule is CCOc1cc(CN2CCC(Nc3nc4cccc(C(=O)OC)c4o3)CC2)ccc1F. The fourth-order valence-corrected chi connectivity index (χ4v) is 3.86. The molecule has 4 rings (SSSR count). The number of likely N-dealkylation sites (tertiary alicyclic amines) is 1. The lowest BCUT2D eigenvalue weighted by atomic mass is 10.0. The summed E-state index contributed by atoms with van der Waals surface area (Å²) in [5.41, 5.74) is 2.44. The molecule has 0 atom stereocenters. The first-order valence-electron chi connectivity index (χ1n) is 10.5. The van der Waals surface area contributed by atoms with Gasteiger partial charge < -0.3 is 19.2 Å². The van der Waals surface area contributed by atoms with Crippen LogP contribution >= 0.6 is 0 Å². The van der Waals surface area contributed by atoms with Crippen molar-refractivity contribution in [2.45, 2.75) is 32.4 Å². The van der Waals surface area contributed by atoms with Crippen molar-refractivity contribution in [1.82, 2.24) is 9.88 Å². The largest absolute Gasteiger partial charge is 0.491 e. The predicted molar refractivity (Wildman–Crippen MR) is 115 cm³/mol. The summed E-state index contributed by atoms with van der Waals surface area (Å²) >= 11 is 0. The fraction of sp³-hybridized carbons (Fsp3) is 0.391. The lowest BCUT2D eigenvalue weighted by Gasteiger charge is -2.32. The van der Waals surface area contributed by atoms with Gasteiger partial charge in [0.1, 0.15) is 11.1 Å². The van der Waals surface area contributed by atoms with E-state index in [4.69, 9.17) is 13.9 Å². The van der Waals surface area contributed by atoms with Crippen molar-refractivity contribution in [3.8, 4) is 5.75 Å². The van der Waals surface area contributed by atoms with Crippen molar-refractivity contribution in [2.24, 2.45) is 0 Å². The van der Waals surface area contributed by atoms with Crippen LogP contribution < -0.4 is 10.1 Å². The Balaban J connectivity index is 1.35. The Hall–Kier alpha value is -3.13. The molecule has 0 saturated carbocycles. The summed E-state index contributed by atoms with van der Waals surface area (Å²) < 4.78 is 29.7. The summed E-state index contributed by atoms with van der Waals surface area (Å²) in [5, 5.41) is 3.35. The fourth-order valence-electron chi connectivity index (χ4n) is 3.86. The number of esters is 1. The van der Waals surface area contributed by atoms with Crippen LogP contribution in [0.5, 0.6) is 5.75 Å². The lowest BCUT2D eigenvalue weighted by molar-refractivity contribution is 0.0602. The maximum atomic E-state index is 13.8. The number of carbonyl (C=O) groups is 1. The maximum absolute atomic E-state index is 13.8. The minimum absolute atomic E-state index is 0.220. The number of piperidine rings is 1. The normalized spacial score (nSPS) is 15.2. The molecule has 2 aromatic carbocycles. The number of oxazole rings is 1. The number of para-hydroxylation sites is 1. The highest BCUT2D eigenvalue weighted by molar-refractivity contribution is 6.01. The van der Waals surface area contributed by atoms with Gasteiger partial charge in [0.2, 0.25) is 0 Å². The molecule has 2 heterocycles. The van der Waals surface area contributed by atoms with E-state index < -0.39 is 5.97 Å². The van der Waals surface area contributed by atoms with Gasteiger partial charge >= 0.3 is 5.97 Å². The Bertz CT molecular complexity index is 1060. The molecular weight excluding hydrogens is 401 g/mol. The molecule has 0 unspecified atom stereocenters. The second-order valence-corrected chi connectivity index (χ2v) is 7.56. The summed E-state index contributed by atoms with van der Waals surface area (Å²) in [5.74, 6) is -0.476. The summed E-state index contributed by atoms with van der Waals surface area (Å²) in [6.07, 6.45) is 1.84. The van der Waals surface area contributed by atoms with Crippen LogP contribution in [0.3, 0.4) is 0 Å². The molecule has 3 aromatic rings. The first-order chi connectivity index (χ1) is 15.1. The van der Waals surface area contributed by atoms with Crippen molar-refractivity contribution >= 4 is 23.1 Å². The van der Waals surface area contributed by atoms with E-state index in [1.54, 1.807) is 30.3 Å². The number of carbonyl (C=O) groups excluding carboxylic acids is 1. The molecule has 1 aliphatic heterocycles. The van der Waals surface area contributed by atoms with Gasteiger partial charge in [-0.05, 0) is 49.6 Å². The highest BCUT2D eigenvalue weighted by Gasteiger charge is 2.22. The second-order valence-electron chi connectivity index (χ2n) is 7.56. The van der Waals surface area contributed by atoms with Crippen molar-refractivity contribution in [3.05, 3.63) is 53.3 Å². The van der Waals surface area contributed by atoms with Crippen LogP contribution in [0.1, 0.15) is 35.7 Å².